The quantitative estimate of drug-likeness (QED) is 0.461. The number of phenols is 1. The average Bonchev–Trinajstić information content (AvgIpc) is 2.63. The van der Waals surface area contributed by atoms with E-state index in [1.165, 1.54) is 18.2 Å². The molecule has 0 aliphatic carbocycles. The summed E-state index contributed by atoms with van der Waals surface area (Å²) in [6.45, 7) is 5.07. The summed E-state index contributed by atoms with van der Waals surface area (Å²) in [5.41, 5.74) is -0.0672. The molecule has 0 spiro atoms. The van der Waals surface area contributed by atoms with Gasteiger partial charge in [-0.15, -0.1) is 0 Å². The fourth-order valence-electron chi connectivity index (χ4n) is 2.84. The summed E-state index contributed by atoms with van der Waals surface area (Å²) in [5.74, 6) is -0.0705. The van der Waals surface area contributed by atoms with E-state index in [0.717, 1.165) is 0 Å². The molecule has 2 rings (SSSR count). The molecule has 0 saturated carbocycles. The van der Waals surface area contributed by atoms with Crippen LogP contribution in [0.1, 0.15) is 26.3 Å². The van der Waals surface area contributed by atoms with Gasteiger partial charge in [0.25, 0.3) is 0 Å². The predicted molar refractivity (Wildman–Crippen MR) is 75.8 cm³/mol. The maximum Gasteiger partial charge on any atom is 0.549 e. The van der Waals surface area contributed by atoms with Gasteiger partial charge in [-0.25, -0.2) is 0 Å². The number of carbonyl (C=O) groups is 1. The molecule has 20 heavy (non-hydrogen) atoms. The van der Waals surface area contributed by atoms with Crippen LogP contribution in [0, 0.1) is 0 Å². The lowest BCUT2D eigenvalue weighted by Crippen LogP contribution is -2.65. The van der Waals surface area contributed by atoms with Crippen LogP contribution in [0.2, 0.25) is 0 Å². The number of carboxylic acid groups (broad SMARTS) is 1. The summed E-state index contributed by atoms with van der Waals surface area (Å²) in [6, 6.07) is 4.34. The van der Waals surface area contributed by atoms with Crippen molar-refractivity contribution in [3.05, 3.63) is 29.4 Å². The summed E-state index contributed by atoms with van der Waals surface area (Å²) in [6.07, 6.45) is 0.208. The van der Waals surface area contributed by atoms with E-state index < -0.39 is 23.2 Å². The van der Waals surface area contributed by atoms with E-state index in [9.17, 15) is 25.1 Å². The van der Waals surface area contributed by atoms with Crippen LogP contribution >= 0.6 is 0 Å². The van der Waals surface area contributed by atoms with Crippen molar-refractivity contribution in [3.63, 3.8) is 0 Å². The highest BCUT2D eigenvalue weighted by Gasteiger charge is 2.60. The van der Waals surface area contributed by atoms with E-state index in [1.54, 1.807) is 26.8 Å². The molecule has 0 bridgehead atoms. The van der Waals surface area contributed by atoms with Gasteiger partial charge in [-0.1, -0.05) is 0 Å². The first-order chi connectivity index (χ1) is 9.12. The molecule has 1 aromatic carbocycles. The maximum atomic E-state index is 12.0. The topological polar surface area (TPSA) is 98.0 Å². The number of fused-ring (bicyclic) bond motifs is 1. The second-order valence-electron chi connectivity index (χ2n) is 5.81. The highest BCUT2D eigenvalue weighted by atomic mass is 16.4. The summed E-state index contributed by atoms with van der Waals surface area (Å²) in [7, 11) is -1.90. The Balaban J connectivity index is 2.86. The minimum Gasteiger partial charge on any atom is -0.508 e. The third kappa shape index (κ3) is 1.75. The second kappa shape index (κ2) is 4.34. The average molecular weight is 278 g/mol. The van der Waals surface area contributed by atoms with Crippen LogP contribution < -0.4 is 4.48 Å². The van der Waals surface area contributed by atoms with Gasteiger partial charge in [0.05, 0.1) is 0 Å². The molecule has 1 aliphatic heterocycles. The van der Waals surface area contributed by atoms with Gasteiger partial charge >= 0.3 is 13.2 Å². The molecule has 1 heterocycles. The van der Waals surface area contributed by atoms with Crippen molar-refractivity contribution in [1.82, 2.24) is 4.48 Å². The van der Waals surface area contributed by atoms with Crippen LogP contribution in [0.15, 0.2) is 23.8 Å². The summed E-state index contributed by atoms with van der Waals surface area (Å²) < 4.78 is -0.756. The van der Waals surface area contributed by atoms with Gasteiger partial charge in [-0.2, -0.15) is 9.28 Å². The van der Waals surface area contributed by atoms with Gasteiger partial charge in [0.2, 0.25) is 0 Å². The van der Waals surface area contributed by atoms with Gasteiger partial charge < -0.3 is 20.3 Å². The Labute approximate surface area is 116 Å². The predicted octanol–water partition coefficient (Wildman–Crippen LogP) is 1.54. The molecule has 1 aromatic rings. The normalized spacial score (nSPS) is 21.4. The van der Waals surface area contributed by atoms with Crippen molar-refractivity contribution in [2.45, 2.75) is 26.3 Å². The van der Waals surface area contributed by atoms with Crippen LogP contribution in [-0.2, 0) is 0 Å². The molecule has 1 atom stereocenters. The summed E-state index contributed by atoms with van der Waals surface area (Å²) >= 11 is 0. The fourth-order valence-corrected chi connectivity index (χ4v) is 2.84. The number of benzene rings is 1. The number of aromatic hydroxyl groups is 1. The molecule has 1 unspecified atom stereocenters. The first-order valence-electron chi connectivity index (χ1n) is 6.17. The zero-order valence-electron chi connectivity index (χ0n) is 11.5. The standard InChI is InChI=1S/C13H16BNO5/c1-13(2,3)15(12(17)18)10-7-9(16)5-4-8(10)6-11(15)14(19)20/h4-7,19-20H,1-3H3,(H-,16,17,18)/p+1. The van der Waals surface area contributed by atoms with E-state index in [0.29, 0.717) is 11.3 Å². The van der Waals surface area contributed by atoms with E-state index in [4.69, 9.17) is 0 Å². The molecule has 1 aliphatic rings. The minimum atomic E-state index is -1.90. The molecule has 0 saturated heterocycles. The van der Waals surface area contributed by atoms with Gasteiger partial charge in [0, 0.05) is 17.7 Å². The molecule has 4 N–H and O–H groups in total. The van der Waals surface area contributed by atoms with Crippen molar-refractivity contribution in [3.8, 4) is 5.75 Å². The highest BCUT2D eigenvalue weighted by molar-refractivity contribution is 6.53. The van der Waals surface area contributed by atoms with E-state index in [1.807, 2.05) is 0 Å². The summed E-state index contributed by atoms with van der Waals surface area (Å²) in [5, 5.41) is 38.6. The molecule has 0 aromatic heterocycles. The lowest BCUT2D eigenvalue weighted by molar-refractivity contribution is 0.126. The van der Waals surface area contributed by atoms with Crippen LogP contribution in [0.5, 0.6) is 5.75 Å². The van der Waals surface area contributed by atoms with Crippen LogP contribution in [0.25, 0.3) is 6.08 Å². The zero-order chi connectivity index (χ0) is 15.3. The highest BCUT2D eigenvalue weighted by Crippen LogP contribution is 2.48. The SMILES string of the molecule is CC(C)(C)[N+]1(C(=O)O)C(B(O)O)=Cc2ccc(O)cc21. The molecule has 0 radical (unpaired) electrons. The van der Waals surface area contributed by atoms with Crippen LogP contribution in [0.3, 0.4) is 0 Å². The number of phenolic OH excluding ortho intramolecular Hbond substituents is 1. The Morgan fingerprint density at radius 3 is 2.30 bits per heavy atom. The second-order valence-corrected chi connectivity index (χ2v) is 5.81. The van der Waals surface area contributed by atoms with Crippen molar-refractivity contribution in [1.29, 1.82) is 0 Å². The first kappa shape index (κ1) is 14.6. The van der Waals surface area contributed by atoms with Crippen LogP contribution in [0.4, 0.5) is 10.5 Å². The number of nitrogens with zero attached hydrogens (tertiary/aromatic N) is 1. The lowest BCUT2D eigenvalue weighted by Gasteiger charge is -2.41. The number of amides is 1. The number of hydrogen-bond acceptors (Lipinski definition) is 4. The Morgan fingerprint density at radius 2 is 1.85 bits per heavy atom. The molecular weight excluding hydrogens is 261 g/mol. The monoisotopic (exact) mass is 278 g/mol. The van der Waals surface area contributed by atoms with Crippen LogP contribution in [-0.4, -0.2) is 39.0 Å². The van der Waals surface area contributed by atoms with E-state index >= 15 is 0 Å². The number of rotatable bonds is 1. The number of quaternary nitrogens is 1. The maximum absolute atomic E-state index is 12.0. The molecule has 6 nitrogen and oxygen atoms in total. The summed E-state index contributed by atoms with van der Waals surface area (Å²) in [4.78, 5) is 12.0. The Bertz CT molecular complexity index is 605. The lowest BCUT2D eigenvalue weighted by atomic mass is 9.81. The molecule has 106 valence electrons. The minimum absolute atomic E-state index is 0.0504. The van der Waals surface area contributed by atoms with Crippen molar-refractivity contribution >= 4 is 25.0 Å². The van der Waals surface area contributed by atoms with Gasteiger partial charge in [-0.3, -0.25) is 0 Å². The molecule has 1 amide bonds. The van der Waals surface area contributed by atoms with Crippen molar-refractivity contribution in [2.24, 2.45) is 0 Å². The van der Waals surface area contributed by atoms with E-state index in [2.05, 4.69) is 0 Å². The Hall–Kier alpha value is -1.83. The van der Waals surface area contributed by atoms with Gasteiger partial charge in [0.15, 0.2) is 11.3 Å². The van der Waals surface area contributed by atoms with E-state index in [-0.39, 0.29) is 11.3 Å². The fraction of sp³-hybridized carbons (Fsp3) is 0.308. The molecule has 7 heteroatoms. The number of hydrogen-bond donors (Lipinski definition) is 4. The third-order valence-electron chi connectivity index (χ3n) is 3.62. The Morgan fingerprint density at radius 1 is 1.25 bits per heavy atom. The van der Waals surface area contributed by atoms with Gasteiger partial charge in [0.1, 0.15) is 11.3 Å². The van der Waals surface area contributed by atoms with Gasteiger partial charge in [-0.05, 0) is 32.9 Å². The van der Waals surface area contributed by atoms with Crippen molar-refractivity contribution in [2.75, 3.05) is 0 Å². The largest absolute Gasteiger partial charge is 0.549 e. The first-order valence-corrected chi connectivity index (χ1v) is 6.17. The van der Waals surface area contributed by atoms with Crippen molar-refractivity contribution < 1.29 is 25.1 Å². The molecular formula is C13H17BNO5+. The smallest absolute Gasteiger partial charge is 0.508 e. The molecule has 0 fully saturated rings. The third-order valence-corrected chi connectivity index (χ3v) is 3.62. The Kier molecular flexibility index (Phi) is 3.16. The zero-order valence-corrected chi connectivity index (χ0v) is 11.5.